The van der Waals surface area contributed by atoms with Gasteiger partial charge in [-0.1, -0.05) is 6.07 Å². The summed E-state index contributed by atoms with van der Waals surface area (Å²) in [5.74, 6) is 0. The van der Waals surface area contributed by atoms with Crippen molar-refractivity contribution in [3.05, 3.63) is 30.1 Å². The molecule has 0 radical (unpaired) electrons. The van der Waals surface area contributed by atoms with E-state index in [2.05, 4.69) is 10.3 Å². The number of nitrogens with zero attached hydrogens (tertiary/aromatic N) is 2. The predicted molar refractivity (Wildman–Crippen MR) is 90.7 cm³/mol. The molecule has 1 aromatic heterocycles. The molecule has 2 saturated heterocycles. The molecule has 6 nitrogen and oxygen atoms in total. The molecule has 0 unspecified atom stereocenters. The summed E-state index contributed by atoms with van der Waals surface area (Å²) in [5.41, 5.74) is 0.275. The molecule has 1 atom stereocenters. The van der Waals surface area contributed by atoms with Crippen LogP contribution in [0.5, 0.6) is 0 Å². The lowest BCUT2D eigenvalue weighted by atomic mass is 9.89. The van der Waals surface area contributed by atoms with Crippen molar-refractivity contribution in [1.82, 2.24) is 15.2 Å². The van der Waals surface area contributed by atoms with Gasteiger partial charge in [0.05, 0.1) is 11.3 Å². The number of ether oxygens (including phenoxy) is 2. The SMILES string of the molecule is CC(C)(C)OC(=O)N1CCC2(CC1)CNC[C@@H](c1ccccn1)O2. The number of rotatable bonds is 1. The van der Waals surface area contributed by atoms with Crippen LogP contribution in [-0.4, -0.2) is 53.4 Å². The number of carbonyl (C=O) groups excluding carboxylic acids is 1. The van der Waals surface area contributed by atoms with Gasteiger partial charge in [-0.15, -0.1) is 0 Å². The van der Waals surface area contributed by atoms with Crippen LogP contribution >= 0.6 is 0 Å². The Kier molecular flexibility index (Phi) is 4.78. The molecular formula is C18H27N3O3. The monoisotopic (exact) mass is 333 g/mol. The van der Waals surface area contributed by atoms with Crippen LogP contribution in [0.25, 0.3) is 0 Å². The molecule has 2 aliphatic rings. The molecule has 0 aromatic carbocycles. The van der Waals surface area contributed by atoms with Crippen molar-refractivity contribution in [2.45, 2.75) is 50.9 Å². The fraction of sp³-hybridized carbons (Fsp3) is 0.667. The van der Waals surface area contributed by atoms with Crippen molar-refractivity contribution >= 4 is 6.09 Å². The molecule has 6 heteroatoms. The Balaban J connectivity index is 1.59. The van der Waals surface area contributed by atoms with Crippen LogP contribution in [-0.2, 0) is 9.47 Å². The zero-order valence-electron chi connectivity index (χ0n) is 14.7. The first kappa shape index (κ1) is 17.2. The maximum atomic E-state index is 12.2. The Hall–Kier alpha value is -1.66. The van der Waals surface area contributed by atoms with Gasteiger partial charge in [-0.25, -0.2) is 4.79 Å². The first-order valence-electron chi connectivity index (χ1n) is 8.64. The van der Waals surface area contributed by atoms with E-state index in [0.717, 1.165) is 31.6 Å². The molecule has 3 heterocycles. The molecule has 24 heavy (non-hydrogen) atoms. The highest BCUT2D eigenvalue weighted by molar-refractivity contribution is 5.68. The zero-order valence-corrected chi connectivity index (χ0v) is 14.7. The van der Waals surface area contributed by atoms with E-state index in [4.69, 9.17) is 9.47 Å². The van der Waals surface area contributed by atoms with E-state index in [1.54, 1.807) is 11.1 Å². The fourth-order valence-electron chi connectivity index (χ4n) is 3.27. The van der Waals surface area contributed by atoms with Crippen LogP contribution in [0.4, 0.5) is 4.79 Å². The maximum absolute atomic E-state index is 12.2. The van der Waals surface area contributed by atoms with Gasteiger partial charge in [0.2, 0.25) is 0 Å². The van der Waals surface area contributed by atoms with Gasteiger partial charge in [0.1, 0.15) is 11.7 Å². The third-order valence-corrected chi connectivity index (χ3v) is 4.51. The minimum atomic E-state index is -0.459. The molecule has 1 amide bonds. The highest BCUT2D eigenvalue weighted by Gasteiger charge is 2.42. The fourth-order valence-corrected chi connectivity index (χ4v) is 3.27. The lowest BCUT2D eigenvalue weighted by molar-refractivity contribution is -0.144. The molecule has 1 spiro atoms. The van der Waals surface area contributed by atoms with Gasteiger partial charge in [-0.3, -0.25) is 4.98 Å². The van der Waals surface area contributed by atoms with Crippen molar-refractivity contribution in [2.24, 2.45) is 0 Å². The molecular weight excluding hydrogens is 306 g/mol. The summed E-state index contributed by atoms with van der Waals surface area (Å²) in [6.45, 7) is 8.58. The van der Waals surface area contributed by atoms with Crippen LogP contribution in [0.15, 0.2) is 24.4 Å². The van der Waals surface area contributed by atoms with Gasteiger partial charge in [-0.2, -0.15) is 0 Å². The Bertz CT molecular complexity index is 563. The normalized spacial score (nSPS) is 24.0. The van der Waals surface area contributed by atoms with Gasteiger partial charge >= 0.3 is 6.09 Å². The predicted octanol–water partition coefficient (Wildman–Crippen LogP) is 2.51. The quantitative estimate of drug-likeness (QED) is 0.855. The van der Waals surface area contributed by atoms with E-state index in [1.165, 1.54) is 0 Å². The van der Waals surface area contributed by atoms with E-state index in [-0.39, 0.29) is 17.8 Å². The first-order valence-corrected chi connectivity index (χ1v) is 8.64. The summed E-state index contributed by atoms with van der Waals surface area (Å²) in [6.07, 6.45) is 3.14. The summed E-state index contributed by atoms with van der Waals surface area (Å²) in [5, 5.41) is 3.48. The van der Waals surface area contributed by atoms with Crippen LogP contribution in [0.1, 0.15) is 45.4 Å². The third-order valence-electron chi connectivity index (χ3n) is 4.51. The van der Waals surface area contributed by atoms with Gasteiger partial charge in [-0.05, 0) is 45.7 Å². The summed E-state index contributed by atoms with van der Waals surface area (Å²) in [6, 6.07) is 5.90. The average Bonchev–Trinajstić information content (AvgIpc) is 2.55. The molecule has 0 bridgehead atoms. The van der Waals surface area contributed by atoms with Crippen LogP contribution < -0.4 is 5.32 Å². The maximum Gasteiger partial charge on any atom is 0.410 e. The second-order valence-electron chi connectivity index (χ2n) is 7.64. The van der Waals surface area contributed by atoms with Gasteiger partial charge in [0.15, 0.2) is 0 Å². The lowest BCUT2D eigenvalue weighted by Crippen LogP contribution is -2.57. The van der Waals surface area contributed by atoms with Gasteiger partial charge in [0.25, 0.3) is 0 Å². The first-order chi connectivity index (χ1) is 11.4. The molecule has 2 fully saturated rings. The van der Waals surface area contributed by atoms with Crippen molar-refractivity contribution in [1.29, 1.82) is 0 Å². The van der Waals surface area contributed by atoms with E-state index < -0.39 is 5.60 Å². The van der Waals surface area contributed by atoms with Gasteiger partial charge < -0.3 is 19.7 Å². The van der Waals surface area contributed by atoms with E-state index in [0.29, 0.717) is 13.1 Å². The van der Waals surface area contributed by atoms with E-state index in [9.17, 15) is 4.79 Å². The van der Waals surface area contributed by atoms with Crippen molar-refractivity contribution in [3.8, 4) is 0 Å². The number of hydrogen-bond donors (Lipinski definition) is 1. The topological polar surface area (TPSA) is 63.7 Å². The molecule has 132 valence electrons. The number of nitrogens with one attached hydrogen (secondary N) is 1. The average molecular weight is 333 g/mol. The molecule has 0 aliphatic carbocycles. The van der Waals surface area contributed by atoms with E-state index >= 15 is 0 Å². The Morgan fingerprint density at radius 2 is 2.12 bits per heavy atom. The minimum Gasteiger partial charge on any atom is -0.444 e. The smallest absolute Gasteiger partial charge is 0.410 e. The molecule has 1 aromatic rings. The Morgan fingerprint density at radius 3 is 2.75 bits per heavy atom. The summed E-state index contributed by atoms with van der Waals surface area (Å²) >= 11 is 0. The second kappa shape index (κ2) is 6.69. The number of piperidine rings is 1. The minimum absolute atomic E-state index is 0.0342. The zero-order chi connectivity index (χ0) is 17.2. The number of likely N-dealkylation sites (tertiary alicyclic amines) is 1. The van der Waals surface area contributed by atoms with Crippen LogP contribution in [0.2, 0.25) is 0 Å². The van der Waals surface area contributed by atoms with Crippen molar-refractivity contribution < 1.29 is 14.3 Å². The Morgan fingerprint density at radius 1 is 1.38 bits per heavy atom. The number of hydrogen-bond acceptors (Lipinski definition) is 5. The second-order valence-corrected chi connectivity index (χ2v) is 7.64. The lowest BCUT2D eigenvalue weighted by Gasteiger charge is -2.46. The highest BCUT2D eigenvalue weighted by Crippen LogP contribution is 2.34. The number of aromatic nitrogens is 1. The molecule has 2 aliphatic heterocycles. The van der Waals surface area contributed by atoms with Crippen molar-refractivity contribution in [2.75, 3.05) is 26.2 Å². The number of pyridine rings is 1. The largest absolute Gasteiger partial charge is 0.444 e. The number of morpholine rings is 1. The van der Waals surface area contributed by atoms with E-state index in [1.807, 2.05) is 39.0 Å². The standard InChI is InChI=1S/C18H27N3O3/c1-17(2,3)24-16(22)21-10-7-18(8-11-21)13-19-12-15(23-18)14-6-4-5-9-20-14/h4-6,9,15,19H,7-8,10-13H2,1-3H3/t15-/m0/s1. The van der Waals surface area contributed by atoms with Gasteiger partial charge in [0, 0.05) is 32.4 Å². The number of carbonyl (C=O) groups is 1. The number of amides is 1. The third kappa shape index (κ3) is 4.05. The highest BCUT2D eigenvalue weighted by atomic mass is 16.6. The summed E-state index contributed by atoms with van der Waals surface area (Å²) in [4.78, 5) is 18.4. The molecule has 3 rings (SSSR count). The molecule has 0 saturated carbocycles. The summed E-state index contributed by atoms with van der Waals surface area (Å²) < 4.78 is 11.9. The summed E-state index contributed by atoms with van der Waals surface area (Å²) in [7, 11) is 0. The Labute approximate surface area is 143 Å². The van der Waals surface area contributed by atoms with Crippen LogP contribution in [0, 0.1) is 0 Å². The molecule has 1 N–H and O–H groups in total. The van der Waals surface area contributed by atoms with Crippen molar-refractivity contribution in [3.63, 3.8) is 0 Å². The van der Waals surface area contributed by atoms with Crippen LogP contribution in [0.3, 0.4) is 0 Å².